The van der Waals surface area contributed by atoms with Crippen molar-refractivity contribution in [2.75, 3.05) is 14.2 Å². The van der Waals surface area contributed by atoms with E-state index < -0.39 is 6.09 Å². The molecule has 1 aromatic carbocycles. The minimum atomic E-state index is -0.952. The fourth-order valence-electron chi connectivity index (χ4n) is 3.16. The van der Waals surface area contributed by atoms with Crippen molar-refractivity contribution < 1.29 is 19.4 Å². The van der Waals surface area contributed by atoms with Gasteiger partial charge < -0.3 is 19.9 Å². The van der Waals surface area contributed by atoms with Crippen LogP contribution in [0.3, 0.4) is 0 Å². The quantitative estimate of drug-likeness (QED) is 0.874. The highest BCUT2D eigenvalue weighted by Crippen LogP contribution is 2.33. The number of amides is 1. The molecular formula is C16H23NO4. The van der Waals surface area contributed by atoms with E-state index >= 15 is 0 Å². The molecule has 1 aliphatic carbocycles. The SMILES string of the molecule is COc1cc(CC2(NC(=O)O)CCCCC2)cc(OC)c1. The summed E-state index contributed by atoms with van der Waals surface area (Å²) in [4.78, 5) is 11.1. The van der Waals surface area contributed by atoms with Crippen LogP contribution in [0.5, 0.6) is 11.5 Å². The van der Waals surface area contributed by atoms with E-state index in [1.54, 1.807) is 14.2 Å². The molecule has 0 atom stereocenters. The number of rotatable bonds is 5. The number of hydrogen-bond acceptors (Lipinski definition) is 3. The fourth-order valence-corrected chi connectivity index (χ4v) is 3.16. The molecule has 1 saturated carbocycles. The van der Waals surface area contributed by atoms with E-state index in [0.29, 0.717) is 6.42 Å². The third-order valence-electron chi connectivity index (χ3n) is 4.14. The molecule has 0 radical (unpaired) electrons. The Morgan fingerprint density at radius 1 is 1.14 bits per heavy atom. The molecule has 0 aromatic heterocycles. The summed E-state index contributed by atoms with van der Waals surface area (Å²) in [5, 5.41) is 11.9. The summed E-state index contributed by atoms with van der Waals surface area (Å²) in [5.74, 6) is 1.45. The largest absolute Gasteiger partial charge is 0.497 e. The molecule has 1 amide bonds. The summed E-state index contributed by atoms with van der Waals surface area (Å²) < 4.78 is 10.6. The summed E-state index contributed by atoms with van der Waals surface area (Å²) in [6.07, 6.45) is 4.74. The summed E-state index contributed by atoms with van der Waals surface area (Å²) in [6.45, 7) is 0. The van der Waals surface area contributed by atoms with Gasteiger partial charge in [-0.1, -0.05) is 19.3 Å². The highest BCUT2D eigenvalue weighted by atomic mass is 16.5. The zero-order chi connectivity index (χ0) is 15.3. The van der Waals surface area contributed by atoms with Crippen LogP contribution in [-0.4, -0.2) is 31.0 Å². The molecule has 0 heterocycles. The summed E-state index contributed by atoms with van der Waals surface area (Å²) in [5.41, 5.74) is 0.656. The van der Waals surface area contributed by atoms with Crippen LogP contribution in [0.2, 0.25) is 0 Å². The molecule has 116 valence electrons. The summed E-state index contributed by atoms with van der Waals surface area (Å²) in [6, 6.07) is 5.71. The Morgan fingerprint density at radius 3 is 2.19 bits per heavy atom. The Bertz CT molecular complexity index is 473. The molecule has 5 nitrogen and oxygen atoms in total. The van der Waals surface area contributed by atoms with Crippen molar-refractivity contribution in [3.05, 3.63) is 23.8 Å². The number of ether oxygens (including phenoxy) is 2. The normalized spacial score (nSPS) is 17.0. The molecule has 2 N–H and O–H groups in total. The number of benzene rings is 1. The van der Waals surface area contributed by atoms with Gasteiger partial charge in [0.2, 0.25) is 0 Å². The first-order valence-corrected chi connectivity index (χ1v) is 7.30. The number of hydrogen-bond donors (Lipinski definition) is 2. The van der Waals surface area contributed by atoms with Gasteiger partial charge in [-0.3, -0.25) is 0 Å². The second kappa shape index (κ2) is 6.70. The Hall–Kier alpha value is -1.91. The number of carboxylic acid groups (broad SMARTS) is 1. The van der Waals surface area contributed by atoms with Gasteiger partial charge in [-0.2, -0.15) is 0 Å². The lowest BCUT2D eigenvalue weighted by molar-refractivity contribution is 0.162. The molecular weight excluding hydrogens is 270 g/mol. The molecule has 2 rings (SSSR count). The van der Waals surface area contributed by atoms with Crippen molar-refractivity contribution in [3.63, 3.8) is 0 Å². The van der Waals surface area contributed by atoms with Crippen LogP contribution in [0.25, 0.3) is 0 Å². The molecule has 0 unspecified atom stereocenters. The van der Waals surface area contributed by atoms with Gasteiger partial charge in [-0.05, 0) is 37.0 Å². The van der Waals surface area contributed by atoms with Gasteiger partial charge >= 0.3 is 6.09 Å². The molecule has 1 aromatic rings. The van der Waals surface area contributed by atoms with Gasteiger partial charge in [0.15, 0.2) is 0 Å². The molecule has 5 heteroatoms. The lowest BCUT2D eigenvalue weighted by Gasteiger charge is -2.37. The van der Waals surface area contributed by atoms with Crippen LogP contribution in [0.1, 0.15) is 37.7 Å². The first kappa shape index (κ1) is 15.5. The molecule has 0 saturated heterocycles. The Morgan fingerprint density at radius 2 is 1.71 bits per heavy atom. The van der Waals surface area contributed by atoms with Gasteiger partial charge in [0.25, 0.3) is 0 Å². The number of carbonyl (C=O) groups is 1. The topological polar surface area (TPSA) is 67.8 Å². The highest BCUT2D eigenvalue weighted by Gasteiger charge is 2.34. The Kier molecular flexibility index (Phi) is 4.94. The third kappa shape index (κ3) is 4.03. The van der Waals surface area contributed by atoms with Gasteiger partial charge in [0.05, 0.1) is 14.2 Å². The smallest absolute Gasteiger partial charge is 0.405 e. The number of methoxy groups -OCH3 is 2. The van der Waals surface area contributed by atoms with E-state index in [1.165, 1.54) is 6.42 Å². The highest BCUT2D eigenvalue weighted by molar-refractivity contribution is 5.65. The maximum Gasteiger partial charge on any atom is 0.405 e. The van der Waals surface area contributed by atoms with E-state index in [-0.39, 0.29) is 5.54 Å². The van der Waals surface area contributed by atoms with Gasteiger partial charge in [-0.25, -0.2) is 4.79 Å². The predicted molar refractivity (Wildman–Crippen MR) is 80.2 cm³/mol. The van der Waals surface area contributed by atoms with Crippen LogP contribution in [0.15, 0.2) is 18.2 Å². The monoisotopic (exact) mass is 293 g/mol. The van der Waals surface area contributed by atoms with E-state index in [0.717, 1.165) is 42.7 Å². The Labute approximate surface area is 125 Å². The summed E-state index contributed by atoms with van der Waals surface area (Å²) >= 11 is 0. The van der Waals surface area contributed by atoms with Gasteiger partial charge in [-0.15, -0.1) is 0 Å². The van der Waals surface area contributed by atoms with Crippen molar-refractivity contribution in [2.45, 2.75) is 44.1 Å². The van der Waals surface area contributed by atoms with Crippen molar-refractivity contribution in [1.82, 2.24) is 5.32 Å². The van der Waals surface area contributed by atoms with Crippen molar-refractivity contribution >= 4 is 6.09 Å². The summed E-state index contributed by atoms with van der Waals surface area (Å²) in [7, 11) is 3.23. The van der Waals surface area contributed by atoms with Crippen molar-refractivity contribution in [3.8, 4) is 11.5 Å². The first-order chi connectivity index (χ1) is 10.1. The first-order valence-electron chi connectivity index (χ1n) is 7.30. The lowest BCUT2D eigenvalue weighted by Crippen LogP contribution is -2.50. The van der Waals surface area contributed by atoms with Crippen molar-refractivity contribution in [1.29, 1.82) is 0 Å². The minimum absolute atomic E-state index is 0.374. The van der Waals surface area contributed by atoms with Crippen LogP contribution >= 0.6 is 0 Å². The average Bonchev–Trinajstić information content (AvgIpc) is 2.46. The third-order valence-corrected chi connectivity index (χ3v) is 4.14. The van der Waals surface area contributed by atoms with Crippen LogP contribution in [0.4, 0.5) is 4.79 Å². The van der Waals surface area contributed by atoms with Crippen molar-refractivity contribution in [2.24, 2.45) is 0 Å². The fraction of sp³-hybridized carbons (Fsp3) is 0.562. The van der Waals surface area contributed by atoms with Gasteiger partial charge in [0.1, 0.15) is 11.5 Å². The molecule has 0 bridgehead atoms. The van der Waals surface area contributed by atoms with Crippen LogP contribution < -0.4 is 14.8 Å². The maximum atomic E-state index is 11.1. The standard InChI is InChI=1S/C16H23NO4/c1-20-13-8-12(9-14(10-13)21-2)11-16(17-15(18)19)6-4-3-5-7-16/h8-10,17H,3-7,11H2,1-2H3,(H,18,19). The molecule has 0 aliphatic heterocycles. The maximum absolute atomic E-state index is 11.1. The molecule has 21 heavy (non-hydrogen) atoms. The zero-order valence-electron chi connectivity index (χ0n) is 12.6. The second-order valence-corrected chi connectivity index (χ2v) is 5.67. The van der Waals surface area contributed by atoms with Crippen LogP contribution in [0, 0.1) is 0 Å². The lowest BCUT2D eigenvalue weighted by atomic mass is 9.77. The van der Waals surface area contributed by atoms with E-state index in [2.05, 4.69) is 5.32 Å². The average molecular weight is 293 g/mol. The Balaban J connectivity index is 2.25. The minimum Gasteiger partial charge on any atom is -0.497 e. The van der Waals surface area contributed by atoms with E-state index in [1.807, 2.05) is 18.2 Å². The van der Waals surface area contributed by atoms with E-state index in [9.17, 15) is 4.79 Å². The molecule has 0 spiro atoms. The molecule has 1 fully saturated rings. The zero-order valence-corrected chi connectivity index (χ0v) is 12.6. The second-order valence-electron chi connectivity index (χ2n) is 5.67. The van der Waals surface area contributed by atoms with Crippen LogP contribution in [-0.2, 0) is 6.42 Å². The molecule has 1 aliphatic rings. The predicted octanol–water partition coefficient (Wildman–Crippen LogP) is 3.22. The van der Waals surface area contributed by atoms with Gasteiger partial charge in [0, 0.05) is 11.6 Å². The number of nitrogens with one attached hydrogen (secondary N) is 1. The van der Waals surface area contributed by atoms with E-state index in [4.69, 9.17) is 14.6 Å².